The Morgan fingerprint density at radius 1 is 1.41 bits per heavy atom. The Balaban J connectivity index is 2.16. The van der Waals surface area contributed by atoms with Gasteiger partial charge in [-0.05, 0) is 18.2 Å². The summed E-state index contributed by atoms with van der Waals surface area (Å²) in [6.45, 7) is 0.0178. The van der Waals surface area contributed by atoms with E-state index in [1.165, 1.54) is 24.5 Å². The van der Waals surface area contributed by atoms with Crippen LogP contribution in [-0.4, -0.2) is 21.3 Å². The van der Waals surface area contributed by atoms with E-state index in [1.807, 2.05) is 0 Å². The molecule has 0 unspecified atom stereocenters. The maximum absolute atomic E-state index is 13.0. The largest absolute Gasteiger partial charge is 0.464 e. The van der Waals surface area contributed by atoms with Crippen LogP contribution in [0.3, 0.4) is 0 Å². The summed E-state index contributed by atoms with van der Waals surface area (Å²) >= 11 is 0. The molecule has 92 valence electrons. The first kappa shape index (κ1) is 12.1. The molecule has 0 fully saturated rings. The summed E-state index contributed by atoms with van der Waals surface area (Å²) in [5.41, 5.74) is 1.30. The van der Waals surface area contributed by atoms with Crippen molar-refractivity contribution in [2.24, 2.45) is 0 Å². The van der Waals surface area contributed by atoms with Crippen molar-refractivity contribution in [3.8, 4) is 0 Å². The molecule has 1 aromatic carbocycles. The lowest BCUT2D eigenvalue weighted by Gasteiger charge is -1.99. The topological polar surface area (TPSA) is 56.5 Å². The van der Waals surface area contributed by atoms with Crippen LogP contribution in [0.5, 0.6) is 0 Å². The second kappa shape index (κ2) is 4.46. The van der Waals surface area contributed by atoms with Crippen molar-refractivity contribution in [1.29, 1.82) is 0 Å². The minimum absolute atomic E-state index is 0.0178. The third kappa shape index (κ3) is 3.04. The molecule has 0 spiro atoms. The molecule has 0 bridgehead atoms. The first-order chi connectivity index (χ1) is 7.96. The van der Waals surface area contributed by atoms with Crippen molar-refractivity contribution < 1.29 is 21.4 Å². The van der Waals surface area contributed by atoms with Crippen molar-refractivity contribution >= 4 is 21.1 Å². The third-order valence-electron chi connectivity index (χ3n) is 2.28. The second-order valence-corrected chi connectivity index (χ2v) is 5.32. The number of halogens is 1. The number of hydrogen-bond donors (Lipinski definition) is 0. The molecule has 0 N–H and O–H groups in total. The fourth-order valence-electron chi connectivity index (χ4n) is 1.55. The van der Waals surface area contributed by atoms with Crippen LogP contribution in [0.1, 0.15) is 5.56 Å². The number of furan rings is 1. The predicted molar refractivity (Wildman–Crippen MR) is 60.7 cm³/mol. The summed E-state index contributed by atoms with van der Waals surface area (Å²) in [6.07, 6.45) is 2.82. The summed E-state index contributed by atoms with van der Waals surface area (Å²) in [5.74, 6) is -0.357. The molecule has 2 rings (SSSR count). The molecule has 17 heavy (non-hydrogen) atoms. The Hall–Kier alpha value is -1.40. The number of hydrogen-bond acceptors (Lipinski definition) is 4. The summed E-state index contributed by atoms with van der Waals surface area (Å²) in [5, 5.41) is 0.641. The zero-order valence-electron chi connectivity index (χ0n) is 9.14. The molecular weight excluding hydrogens is 247 g/mol. The van der Waals surface area contributed by atoms with Crippen molar-refractivity contribution in [2.45, 2.75) is 6.42 Å². The molecule has 0 aliphatic carbocycles. The van der Waals surface area contributed by atoms with Crippen LogP contribution in [0.25, 0.3) is 11.0 Å². The maximum atomic E-state index is 13.0. The van der Waals surface area contributed by atoms with Crippen LogP contribution in [0, 0.1) is 5.82 Å². The van der Waals surface area contributed by atoms with Crippen LogP contribution in [-0.2, 0) is 20.7 Å². The normalized spacial score (nSPS) is 12.1. The highest BCUT2D eigenvalue weighted by Gasteiger charge is 2.08. The molecule has 0 atom stereocenters. The number of rotatable bonds is 4. The van der Waals surface area contributed by atoms with Crippen LogP contribution in [0.4, 0.5) is 4.39 Å². The molecule has 2 aromatic rings. The molecule has 1 aromatic heterocycles. The van der Waals surface area contributed by atoms with E-state index in [9.17, 15) is 12.8 Å². The van der Waals surface area contributed by atoms with Crippen LogP contribution >= 0.6 is 0 Å². The fourth-order valence-corrected chi connectivity index (χ4v) is 1.94. The molecule has 1 heterocycles. The molecule has 0 saturated carbocycles. The Bertz CT molecular complexity index is 630. The van der Waals surface area contributed by atoms with Gasteiger partial charge >= 0.3 is 0 Å². The fraction of sp³-hybridized carbons (Fsp3) is 0.273. The lowest BCUT2D eigenvalue weighted by Crippen LogP contribution is -2.05. The van der Waals surface area contributed by atoms with Gasteiger partial charge in [-0.25, -0.2) is 4.39 Å². The molecule has 0 amide bonds. The van der Waals surface area contributed by atoms with E-state index in [4.69, 9.17) is 4.42 Å². The first-order valence-electron chi connectivity index (χ1n) is 4.96. The van der Waals surface area contributed by atoms with Gasteiger partial charge in [0, 0.05) is 17.4 Å². The van der Waals surface area contributed by atoms with Crippen LogP contribution < -0.4 is 0 Å². The smallest absolute Gasteiger partial charge is 0.264 e. The number of benzene rings is 1. The zero-order chi connectivity index (χ0) is 12.5. The van der Waals surface area contributed by atoms with E-state index in [-0.39, 0.29) is 12.4 Å². The van der Waals surface area contributed by atoms with E-state index in [2.05, 4.69) is 4.18 Å². The summed E-state index contributed by atoms with van der Waals surface area (Å²) in [7, 11) is -3.44. The van der Waals surface area contributed by atoms with E-state index in [0.717, 1.165) is 11.8 Å². The highest BCUT2D eigenvalue weighted by atomic mass is 32.2. The van der Waals surface area contributed by atoms with Gasteiger partial charge in [0.25, 0.3) is 10.1 Å². The molecule has 4 nitrogen and oxygen atoms in total. The van der Waals surface area contributed by atoms with Gasteiger partial charge in [-0.1, -0.05) is 0 Å². The average molecular weight is 258 g/mol. The van der Waals surface area contributed by atoms with E-state index >= 15 is 0 Å². The SMILES string of the molecule is CS(=O)(=O)OCCc1coc2ccc(F)cc12. The third-order valence-corrected chi connectivity index (χ3v) is 2.88. The van der Waals surface area contributed by atoms with Crippen LogP contribution in [0.15, 0.2) is 28.9 Å². The Morgan fingerprint density at radius 2 is 2.18 bits per heavy atom. The van der Waals surface area contributed by atoms with Gasteiger partial charge in [0.05, 0.1) is 19.1 Å². The molecule has 0 aliphatic heterocycles. The van der Waals surface area contributed by atoms with Crippen molar-refractivity contribution in [2.75, 3.05) is 12.9 Å². The zero-order valence-corrected chi connectivity index (χ0v) is 9.96. The lowest BCUT2D eigenvalue weighted by atomic mass is 10.1. The molecule has 6 heteroatoms. The van der Waals surface area contributed by atoms with Gasteiger partial charge in [-0.2, -0.15) is 8.42 Å². The summed E-state index contributed by atoms with van der Waals surface area (Å²) in [6, 6.07) is 4.20. The summed E-state index contributed by atoms with van der Waals surface area (Å²) in [4.78, 5) is 0. The van der Waals surface area contributed by atoms with Gasteiger partial charge < -0.3 is 4.42 Å². The Morgan fingerprint density at radius 3 is 2.88 bits per heavy atom. The van der Waals surface area contributed by atoms with Gasteiger partial charge in [0.1, 0.15) is 11.4 Å². The monoisotopic (exact) mass is 258 g/mol. The van der Waals surface area contributed by atoms with Crippen molar-refractivity contribution in [1.82, 2.24) is 0 Å². The predicted octanol–water partition coefficient (Wildman–Crippen LogP) is 2.09. The van der Waals surface area contributed by atoms with Gasteiger partial charge in [0.15, 0.2) is 0 Å². The Labute approximate surface area is 98.1 Å². The van der Waals surface area contributed by atoms with Crippen molar-refractivity contribution in [3.63, 3.8) is 0 Å². The summed E-state index contributed by atoms with van der Waals surface area (Å²) < 4.78 is 44.4. The Kier molecular flexibility index (Phi) is 3.17. The minimum Gasteiger partial charge on any atom is -0.464 e. The van der Waals surface area contributed by atoms with Crippen LogP contribution in [0.2, 0.25) is 0 Å². The quantitative estimate of drug-likeness (QED) is 0.788. The van der Waals surface area contributed by atoms with E-state index in [0.29, 0.717) is 17.4 Å². The van der Waals surface area contributed by atoms with E-state index in [1.54, 1.807) is 0 Å². The highest BCUT2D eigenvalue weighted by molar-refractivity contribution is 7.85. The molecule has 0 radical (unpaired) electrons. The lowest BCUT2D eigenvalue weighted by molar-refractivity contribution is 0.325. The molecular formula is C11H11FO4S. The molecule has 0 saturated heterocycles. The van der Waals surface area contributed by atoms with Gasteiger partial charge in [-0.15, -0.1) is 0 Å². The minimum atomic E-state index is -3.44. The standard InChI is InChI=1S/C11H11FO4S/c1-17(13,14)16-5-4-8-7-15-11-3-2-9(12)6-10(8)11/h2-3,6-7H,4-5H2,1H3. The maximum Gasteiger partial charge on any atom is 0.264 e. The first-order valence-corrected chi connectivity index (χ1v) is 6.77. The second-order valence-electron chi connectivity index (χ2n) is 3.68. The number of fused-ring (bicyclic) bond motifs is 1. The average Bonchev–Trinajstić information content (AvgIpc) is 2.59. The van der Waals surface area contributed by atoms with Crippen molar-refractivity contribution in [3.05, 3.63) is 35.8 Å². The highest BCUT2D eigenvalue weighted by Crippen LogP contribution is 2.22. The van der Waals surface area contributed by atoms with Gasteiger partial charge in [-0.3, -0.25) is 4.18 Å². The molecule has 0 aliphatic rings. The van der Waals surface area contributed by atoms with Gasteiger partial charge in [0.2, 0.25) is 0 Å². The van der Waals surface area contributed by atoms with E-state index < -0.39 is 10.1 Å².